The molecule has 1 atom stereocenters. The first-order valence-electron chi connectivity index (χ1n) is 8.90. The van der Waals surface area contributed by atoms with Gasteiger partial charge in [-0.2, -0.15) is 0 Å². The van der Waals surface area contributed by atoms with Crippen molar-refractivity contribution in [2.45, 2.75) is 18.9 Å². The highest BCUT2D eigenvalue weighted by molar-refractivity contribution is 5.29. The maximum absolute atomic E-state index is 13.1. The third-order valence-corrected chi connectivity index (χ3v) is 4.66. The van der Waals surface area contributed by atoms with Crippen LogP contribution in [-0.4, -0.2) is 47.6 Å². The molecule has 1 aromatic carbocycles. The lowest BCUT2D eigenvalue weighted by molar-refractivity contribution is 0.249. The summed E-state index contributed by atoms with van der Waals surface area (Å²) in [5, 5.41) is 3.85. The maximum Gasteiger partial charge on any atom is 0.225 e. The van der Waals surface area contributed by atoms with Gasteiger partial charge in [-0.3, -0.25) is 4.90 Å². The molecule has 0 amide bonds. The Hall–Kier alpha value is -2.77. The normalized spacial score (nSPS) is 16.0. The number of azide groups is 1. The number of benzene rings is 1. The monoisotopic (exact) mass is 373 g/mol. The van der Waals surface area contributed by atoms with Crippen molar-refractivity contribution in [2.24, 2.45) is 5.11 Å². The van der Waals surface area contributed by atoms with Gasteiger partial charge in [0, 0.05) is 31.1 Å². The lowest BCUT2D eigenvalue weighted by Gasteiger charge is -2.34. The summed E-state index contributed by atoms with van der Waals surface area (Å²) in [6, 6.07) is 5.80. The van der Waals surface area contributed by atoms with Crippen molar-refractivity contribution >= 4 is 5.95 Å². The Labute approximate surface area is 156 Å². The predicted octanol–water partition coefficient (Wildman–Crippen LogP) is 3.71. The van der Waals surface area contributed by atoms with E-state index in [1.54, 1.807) is 12.1 Å². The van der Waals surface area contributed by atoms with Gasteiger partial charge in [0.25, 0.3) is 0 Å². The first-order chi connectivity index (χ1) is 13.2. The van der Waals surface area contributed by atoms with Crippen LogP contribution in [0, 0.1) is 11.6 Å². The number of rotatable bonds is 7. The molecule has 1 fully saturated rings. The van der Waals surface area contributed by atoms with Gasteiger partial charge in [-0.05, 0) is 42.6 Å². The molecule has 7 nitrogen and oxygen atoms in total. The van der Waals surface area contributed by atoms with Crippen LogP contribution in [-0.2, 0) is 0 Å². The smallest absolute Gasteiger partial charge is 0.225 e. The summed E-state index contributed by atoms with van der Waals surface area (Å²) >= 11 is 0. The molecule has 142 valence electrons. The lowest BCUT2D eigenvalue weighted by Crippen LogP contribution is -2.47. The van der Waals surface area contributed by atoms with Crippen molar-refractivity contribution in [3.63, 3.8) is 0 Å². The molecule has 1 aliphatic heterocycles. The van der Waals surface area contributed by atoms with E-state index in [4.69, 9.17) is 5.53 Å². The average Bonchev–Trinajstić information content (AvgIpc) is 2.69. The van der Waals surface area contributed by atoms with Gasteiger partial charge >= 0.3 is 0 Å². The van der Waals surface area contributed by atoms with E-state index < -0.39 is 5.82 Å². The molecule has 27 heavy (non-hydrogen) atoms. The molecule has 0 N–H and O–H groups in total. The number of hydrogen-bond acceptors (Lipinski definition) is 5. The zero-order chi connectivity index (χ0) is 19.1. The standard InChI is InChI=1S/C18H21F2N7/c19-15-5-3-14(4-6-15)17(24-25-21)2-1-7-26-8-10-27(11-9-26)18-22-12-16(20)13-23-18/h3-6,12-13,17H,1-2,7-11H2. The van der Waals surface area contributed by atoms with E-state index in [0.29, 0.717) is 12.4 Å². The Kier molecular flexibility index (Phi) is 6.51. The SMILES string of the molecule is [N-]=[N+]=NC(CCCN1CCN(c2ncc(F)cn2)CC1)c1ccc(F)cc1. The van der Waals surface area contributed by atoms with Crippen LogP contribution in [0.15, 0.2) is 41.8 Å². The highest BCUT2D eigenvalue weighted by Gasteiger charge is 2.19. The second-order valence-corrected chi connectivity index (χ2v) is 6.44. The van der Waals surface area contributed by atoms with Crippen molar-refractivity contribution in [1.29, 1.82) is 0 Å². The fourth-order valence-corrected chi connectivity index (χ4v) is 3.19. The highest BCUT2D eigenvalue weighted by atomic mass is 19.1. The summed E-state index contributed by atoms with van der Waals surface area (Å²) in [5.41, 5.74) is 9.61. The second-order valence-electron chi connectivity index (χ2n) is 6.44. The van der Waals surface area contributed by atoms with Gasteiger partial charge in [-0.15, -0.1) is 0 Å². The number of anilines is 1. The highest BCUT2D eigenvalue weighted by Crippen LogP contribution is 2.24. The minimum absolute atomic E-state index is 0.287. The molecule has 9 heteroatoms. The maximum atomic E-state index is 13.1. The van der Waals surface area contributed by atoms with Gasteiger partial charge in [-0.1, -0.05) is 17.2 Å². The number of hydrogen-bond donors (Lipinski definition) is 0. The number of piperazine rings is 1. The Balaban J connectivity index is 1.45. The van der Waals surface area contributed by atoms with Gasteiger partial charge in [-0.25, -0.2) is 18.7 Å². The first-order valence-corrected chi connectivity index (χ1v) is 8.90. The topological polar surface area (TPSA) is 81.0 Å². The van der Waals surface area contributed by atoms with E-state index in [0.717, 1.165) is 44.7 Å². The Morgan fingerprint density at radius 2 is 1.70 bits per heavy atom. The summed E-state index contributed by atoms with van der Waals surface area (Å²) in [4.78, 5) is 15.3. The van der Waals surface area contributed by atoms with E-state index >= 15 is 0 Å². The van der Waals surface area contributed by atoms with E-state index in [-0.39, 0.29) is 11.9 Å². The zero-order valence-corrected chi connectivity index (χ0v) is 14.9. The van der Waals surface area contributed by atoms with Crippen LogP contribution in [0.4, 0.5) is 14.7 Å². The summed E-state index contributed by atoms with van der Waals surface area (Å²) in [6.07, 6.45) is 3.94. The molecule has 0 spiro atoms. The van der Waals surface area contributed by atoms with Crippen LogP contribution in [0.2, 0.25) is 0 Å². The number of nitrogens with zero attached hydrogens (tertiary/aromatic N) is 7. The zero-order valence-electron chi connectivity index (χ0n) is 14.9. The van der Waals surface area contributed by atoms with Crippen molar-refractivity contribution in [3.05, 3.63) is 64.3 Å². The second kappa shape index (κ2) is 9.25. The van der Waals surface area contributed by atoms with Crippen molar-refractivity contribution in [3.8, 4) is 0 Å². The summed E-state index contributed by atoms with van der Waals surface area (Å²) < 4.78 is 26.0. The quantitative estimate of drug-likeness (QED) is 0.421. The largest absolute Gasteiger partial charge is 0.338 e. The van der Waals surface area contributed by atoms with Gasteiger partial charge < -0.3 is 4.90 Å². The van der Waals surface area contributed by atoms with Crippen LogP contribution in [0.1, 0.15) is 24.4 Å². The van der Waals surface area contributed by atoms with Crippen LogP contribution in [0.25, 0.3) is 10.4 Å². The molecule has 0 radical (unpaired) electrons. The summed E-state index contributed by atoms with van der Waals surface area (Å²) in [5.74, 6) is -0.189. The third-order valence-electron chi connectivity index (χ3n) is 4.66. The number of aromatic nitrogens is 2. The minimum atomic E-state index is -0.437. The Morgan fingerprint density at radius 1 is 1.04 bits per heavy atom. The minimum Gasteiger partial charge on any atom is -0.338 e. The van der Waals surface area contributed by atoms with E-state index in [1.165, 1.54) is 24.5 Å². The predicted molar refractivity (Wildman–Crippen MR) is 98.2 cm³/mol. The molecule has 1 aliphatic rings. The molecule has 0 aliphatic carbocycles. The fraction of sp³-hybridized carbons (Fsp3) is 0.444. The van der Waals surface area contributed by atoms with Crippen LogP contribution < -0.4 is 4.90 Å². The average molecular weight is 373 g/mol. The van der Waals surface area contributed by atoms with Crippen molar-refractivity contribution < 1.29 is 8.78 Å². The van der Waals surface area contributed by atoms with Crippen molar-refractivity contribution in [2.75, 3.05) is 37.6 Å². The Morgan fingerprint density at radius 3 is 2.33 bits per heavy atom. The van der Waals surface area contributed by atoms with Crippen LogP contribution in [0.5, 0.6) is 0 Å². The fourth-order valence-electron chi connectivity index (χ4n) is 3.19. The first kappa shape index (κ1) is 19.0. The van der Waals surface area contributed by atoms with E-state index in [2.05, 4.69) is 24.9 Å². The third kappa shape index (κ3) is 5.35. The Bertz CT molecular complexity index is 767. The molecule has 1 saturated heterocycles. The molecule has 2 aromatic rings. The molecule has 1 unspecified atom stereocenters. The molecule has 1 aromatic heterocycles. The molecule has 3 rings (SSSR count). The lowest BCUT2D eigenvalue weighted by atomic mass is 10.0. The van der Waals surface area contributed by atoms with Gasteiger partial charge in [0.05, 0.1) is 18.4 Å². The van der Waals surface area contributed by atoms with Crippen LogP contribution in [0.3, 0.4) is 0 Å². The summed E-state index contributed by atoms with van der Waals surface area (Å²) in [6.45, 7) is 4.18. The van der Waals surface area contributed by atoms with E-state index in [9.17, 15) is 8.78 Å². The van der Waals surface area contributed by atoms with E-state index in [1.807, 2.05) is 4.90 Å². The molecular formula is C18H21F2N7. The van der Waals surface area contributed by atoms with Gasteiger partial charge in [0.15, 0.2) is 5.82 Å². The summed E-state index contributed by atoms with van der Waals surface area (Å²) in [7, 11) is 0. The molecular weight excluding hydrogens is 352 g/mol. The van der Waals surface area contributed by atoms with Gasteiger partial charge in [0.2, 0.25) is 5.95 Å². The van der Waals surface area contributed by atoms with Crippen LogP contribution >= 0.6 is 0 Å². The molecule has 0 saturated carbocycles. The van der Waals surface area contributed by atoms with Gasteiger partial charge in [0.1, 0.15) is 5.82 Å². The van der Waals surface area contributed by atoms with Crippen molar-refractivity contribution in [1.82, 2.24) is 14.9 Å². The molecule has 2 heterocycles. The molecule has 0 bridgehead atoms. The number of halogens is 2.